The quantitative estimate of drug-likeness (QED) is 0.804. The Labute approximate surface area is 106 Å². The number of rotatable bonds is 6. The summed E-state index contributed by atoms with van der Waals surface area (Å²) >= 11 is 0. The van der Waals surface area contributed by atoms with E-state index >= 15 is 0 Å². The molecule has 0 saturated carbocycles. The number of anilines is 1. The number of hydrogen-bond acceptors (Lipinski definition) is 5. The lowest BCUT2D eigenvalue weighted by atomic mass is 9.96. The van der Waals surface area contributed by atoms with E-state index in [0.29, 0.717) is 23.9 Å². The van der Waals surface area contributed by atoms with Crippen LogP contribution in [-0.2, 0) is 4.79 Å². The fraction of sp³-hybridized carbons (Fsp3) is 0.583. The third-order valence-electron chi connectivity index (χ3n) is 2.65. The lowest BCUT2D eigenvalue weighted by Gasteiger charge is -2.26. The number of methoxy groups -OCH3 is 1. The molecule has 0 radical (unpaired) electrons. The number of ether oxygens (including phenoxy) is 1. The van der Waals surface area contributed by atoms with Gasteiger partial charge in [0.05, 0.1) is 7.11 Å². The molecule has 1 aromatic rings. The Hall–Kier alpha value is -1.85. The number of aromatic nitrogens is 2. The first-order valence-electron chi connectivity index (χ1n) is 5.82. The molecule has 1 atom stereocenters. The monoisotopic (exact) mass is 253 g/mol. The zero-order valence-corrected chi connectivity index (χ0v) is 11.1. The first-order valence-corrected chi connectivity index (χ1v) is 5.82. The third kappa shape index (κ3) is 3.32. The second-order valence-corrected chi connectivity index (χ2v) is 4.36. The lowest BCUT2D eigenvalue weighted by Crippen LogP contribution is -2.43. The molecule has 2 N–H and O–H groups in total. The molecule has 100 valence electrons. The van der Waals surface area contributed by atoms with Crippen molar-refractivity contribution < 1.29 is 14.6 Å². The predicted octanol–water partition coefficient (Wildman–Crippen LogP) is 1.85. The minimum atomic E-state index is -1.04. The molecular weight excluding hydrogens is 234 g/mol. The normalized spacial score (nSPS) is 13.8. The summed E-state index contributed by atoms with van der Waals surface area (Å²) in [5.41, 5.74) is -1.04. The molecule has 0 aromatic carbocycles. The standard InChI is InChI=1S/C12H19N3O3/c1-5-6-12(3,11(16)17)15-9-7-10(18-4)14-8(2)13-9/h7H,5-6H2,1-4H3,(H,16,17)(H,13,14,15). The number of nitrogens with zero attached hydrogens (tertiary/aromatic N) is 2. The van der Waals surface area contributed by atoms with Gasteiger partial charge in [-0.3, -0.25) is 0 Å². The minimum absolute atomic E-state index is 0.411. The zero-order valence-electron chi connectivity index (χ0n) is 11.1. The van der Waals surface area contributed by atoms with E-state index in [9.17, 15) is 9.90 Å². The first-order chi connectivity index (χ1) is 8.41. The Bertz CT molecular complexity index is 437. The average Bonchev–Trinajstić information content (AvgIpc) is 2.28. The van der Waals surface area contributed by atoms with Crippen molar-refractivity contribution in [2.24, 2.45) is 0 Å². The molecule has 0 aliphatic rings. The second kappa shape index (κ2) is 5.66. The second-order valence-electron chi connectivity index (χ2n) is 4.36. The van der Waals surface area contributed by atoms with Crippen molar-refractivity contribution in [3.63, 3.8) is 0 Å². The van der Waals surface area contributed by atoms with Crippen molar-refractivity contribution in [2.45, 2.75) is 39.2 Å². The Morgan fingerprint density at radius 1 is 1.56 bits per heavy atom. The third-order valence-corrected chi connectivity index (χ3v) is 2.65. The summed E-state index contributed by atoms with van der Waals surface area (Å²) in [5.74, 6) is 0.493. The van der Waals surface area contributed by atoms with Gasteiger partial charge in [-0.1, -0.05) is 13.3 Å². The van der Waals surface area contributed by atoms with Crippen LogP contribution in [0.1, 0.15) is 32.5 Å². The highest BCUT2D eigenvalue weighted by molar-refractivity contribution is 5.81. The summed E-state index contributed by atoms with van der Waals surface area (Å²) in [5, 5.41) is 12.2. The highest BCUT2D eigenvalue weighted by Crippen LogP contribution is 2.21. The fourth-order valence-electron chi connectivity index (χ4n) is 1.71. The number of aryl methyl sites for hydroxylation is 1. The summed E-state index contributed by atoms with van der Waals surface area (Å²) in [7, 11) is 1.51. The molecule has 0 aliphatic heterocycles. The summed E-state index contributed by atoms with van der Waals surface area (Å²) in [4.78, 5) is 19.5. The van der Waals surface area contributed by atoms with E-state index in [1.807, 2.05) is 6.92 Å². The van der Waals surface area contributed by atoms with Crippen molar-refractivity contribution in [2.75, 3.05) is 12.4 Å². The molecule has 1 aromatic heterocycles. The lowest BCUT2D eigenvalue weighted by molar-refractivity contribution is -0.142. The van der Waals surface area contributed by atoms with Gasteiger partial charge in [-0.2, -0.15) is 4.98 Å². The van der Waals surface area contributed by atoms with Gasteiger partial charge in [0.25, 0.3) is 0 Å². The van der Waals surface area contributed by atoms with Crippen molar-refractivity contribution in [1.82, 2.24) is 9.97 Å². The van der Waals surface area contributed by atoms with Crippen LogP contribution in [0, 0.1) is 6.92 Å². The molecule has 6 nitrogen and oxygen atoms in total. The van der Waals surface area contributed by atoms with Gasteiger partial charge in [-0.05, 0) is 20.3 Å². The average molecular weight is 253 g/mol. The van der Waals surface area contributed by atoms with Gasteiger partial charge < -0.3 is 15.2 Å². The molecule has 1 rings (SSSR count). The van der Waals surface area contributed by atoms with Gasteiger partial charge in [0.1, 0.15) is 17.2 Å². The molecule has 6 heteroatoms. The van der Waals surface area contributed by atoms with Gasteiger partial charge >= 0.3 is 5.97 Å². The van der Waals surface area contributed by atoms with Crippen LogP contribution in [0.4, 0.5) is 5.82 Å². The van der Waals surface area contributed by atoms with Crippen LogP contribution in [0.2, 0.25) is 0 Å². The molecule has 1 heterocycles. The molecule has 1 unspecified atom stereocenters. The molecule has 0 spiro atoms. The van der Waals surface area contributed by atoms with E-state index in [1.165, 1.54) is 7.11 Å². The maximum Gasteiger partial charge on any atom is 0.329 e. The minimum Gasteiger partial charge on any atom is -0.481 e. The Morgan fingerprint density at radius 2 is 2.22 bits per heavy atom. The number of carbonyl (C=O) groups is 1. The summed E-state index contributed by atoms with van der Waals surface area (Å²) in [6.07, 6.45) is 1.27. The number of carboxylic acid groups (broad SMARTS) is 1. The van der Waals surface area contributed by atoms with Gasteiger partial charge in [-0.25, -0.2) is 9.78 Å². The largest absolute Gasteiger partial charge is 0.481 e. The molecular formula is C12H19N3O3. The topological polar surface area (TPSA) is 84.3 Å². The van der Waals surface area contributed by atoms with Crippen LogP contribution in [0.15, 0.2) is 6.07 Å². The first kappa shape index (κ1) is 14.2. The molecule has 0 aliphatic carbocycles. The number of carboxylic acids is 1. The van der Waals surface area contributed by atoms with Crippen molar-refractivity contribution in [3.8, 4) is 5.88 Å². The van der Waals surface area contributed by atoms with E-state index in [4.69, 9.17) is 4.74 Å². The van der Waals surface area contributed by atoms with Gasteiger partial charge in [0.2, 0.25) is 5.88 Å². The highest BCUT2D eigenvalue weighted by Gasteiger charge is 2.32. The maximum atomic E-state index is 11.3. The van der Waals surface area contributed by atoms with Crippen LogP contribution in [0.5, 0.6) is 5.88 Å². The molecule has 0 saturated heterocycles. The predicted molar refractivity (Wildman–Crippen MR) is 67.9 cm³/mol. The molecule has 0 fully saturated rings. The number of nitrogens with one attached hydrogen (secondary N) is 1. The van der Waals surface area contributed by atoms with E-state index in [1.54, 1.807) is 19.9 Å². The van der Waals surface area contributed by atoms with E-state index in [-0.39, 0.29) is 0 Å². The van der Waals surface area contributed by atoms with E-state index in [0.717, 1.165) is 6.42 Å². The van der Waals surface area contributed by atoms with Gasteiger partial charge in [0, 0.05) is 6.07 Å². The van der Waals surface area contributed by atoms with E-state index < -0.39 is 11.5 Å². The van der Waals surface area contributed by atoms with Crippen molar-refractivity contribution in [3.05, 3.63) is 11.9 Å². The summed E-state index contributed by atoms with van der Waals surface area (Å²) in [6, 6.07) is 1.59. The Kier molecular flexibility index (Phi) is 4.47. The Morgan fingerprint density at radius 3 is 2.72 bits per heavy atom. The Balaban J connectivity index is 3.00. The maximum absolute atomic E-state index is 11.3. The fourth-order valence-corrected chi connectivity index (χ4v) is 1.71. The SMILES string of the molecule is CCCC(C)(Nc1cc(OC)nc(C)n1)C(=O)O. The smallest absolute Gasteiger partial charge is 0.329 e. The highest BCUT2D eigenvalue weighted by atomic mass is 16.5. The van der Waals surface area contributed by atoms with E-state index in [2.05, 4.69) is 15.3 Å². The van der Waals surface area contributed by atoms with Crippen LogP contribution < -0.4 is 10.1 Å². The van der Waals surface area contributed by atoms with Crippen LogP contribution in [0.3, 0.4) is 0 Å². The number of aliphatic carboxylic acids is 1. The van der Waals surface area contributed by atoms with Crippen LogP contribution >= 0.6 is 0 Å². The summed E-state index contributed by atoms with van der Waals surface area (Å²) < 4.78 is 5.03. The van der Waals surface area contributed by atoms with Crippen LogP contribution in [-0.4, -0.2) is 33.7 Å². The van der Waals surface area contributed by atoms with Crippen molar-refractivity contribution in [1.29, 1.82) is 0 Å². The molecule has 0 bridgehead atoms. The van der Waals surface area contributed by atoms with Crippen molar-refractivity contribution >= 4 is 11.8 Å². The van der Waals surface area contributed by atoms with Crippen LogP contribution in [0.25, 0.3) is 0 Å². The molecule has 18 heavy (non-hydrogen) atoms. The summed E-state index contributed by atoms with van der Waals surface area (Å²) in [6.45, 7) is 5.31. The molecule has 0 amide bonds. The van der Waals surface area contributed by atoms with Gasteiger partial charge in [-0.15, -0.1) is 0 Å². The number of hydrogen-bond donors (Lipinski definition) is 2. The van der Waals surface area contributed by atoms with Gasteiger partial charge in [0.15, 0.2) is 0 Å². The zero-order chi connectivity index (χ0) is 13.8.